The van der Waals surface area contributed by atoms with E-state index in [1.807, 2.05) is 0 Å². The first-order chi connectivity index (χ1) is 7.92. The summed E-state index contributed by atoms with van der Waals surface area (Å²) in [5.74, 6) is -0.709. The molecule has 17 heavy (non-hydrogen) atoms. The first kappa shape index (κ1) is 12.2. The maximum atomic E-state index is 13.2. The van der Waals surface area contributed by atoms with Gasteiger partial charge in [0.05, 0.1) is 5.50 Å². The molecule has 1 atom stereocenters. The van der Waals surface area contributed by atoms with Gasteiger partial charge in [0.15, 0.2) is 16.9 Å². The Morgan fingerprint density at radius 3 is 2.71 bits per heavy atom. The third-order valence-corrected chi connectivity index (χ3v) is 3.75. The van der Waals surface area contributed by atoms with E-state index >= 15 is 0 Å². The molecule has 2 rings (SSSR count). The van der Waals surface area contributed by atoms with Crippen LogP contribution in [-0.2, 0) is 10.0 Å². The van der Waals surface area contributed by atoms with E-state index in [1.54, 1.807) is 0 Å². The molecule has 9 heteroatoms. The highest BCUT2D eigenvalue weighted by Crippen LogP contribution is 2.22. The quantitative estimate of drug-likeness (QED) is 0.674. The van der Waals surface area contributed by atoms with E-state index in [0.717, 1.165) is 12.1 Å². The molecule has 2 aromatic rings. The minimum Gasteiger partial charge on any atom is -0.243 e. The summed E-state index contributed by atoms with van der Waals surface area (Å²) in [6.45, 7) is 1.45. The van der Waals surface area contributed by atoms with Gasteiger partial charge in [0.1, 0.15) is 4.90 Å². The summed E-state index contributed by atoms with van der Waals surface area (Å²) in [7, 11) is -3.88. The number of aromatic nitrogens is 2. The Balaban J connectivity index is 2.64. The summed E-state index contributed by atoms with van der Waals surface area (Å²) in [4.78, 5) is -0.234. The topological polar surface area (TPSA) is 85.1 Å². The molecule has 0 aliphatic rings. The third kappa shape index (κ3) is 2.24. The molecule has 1 heterocycles. The summed E-state index contributed by atoms with van der Waals surface area (Å²) in [5, 5.41) is 6.65. The Morgan fingerprint density at radius 1 is 1.41 bits per heavy atom. The highest BCUT2D eigenvalue weighted by atomic mass is 35.5. The van der Waals surface area contributed by atoms with Crippen molar-refractivity contribution in [3.05, 3.63) is 17.9 Å². The van der Waals surface area contributed by atoms with Crippen molar-refractivity contribution < 1.29 is 17.4 Å². The van der Waals surface area contributed by atoms with E-state index in [2.05, 4.69) is 19.7 Å². The van der Waals surface area contributed by atoms with E-state index in [9.17, 15) is 12.8 Å². The van der Waals surface area contributed by atoms with Crippen LogP contribution in [0.1, 0.15) is 6.92 Å². The van der Waals surface area contributed by atoms with Crippen molar-refractivity contribution in [3.63, 3.8) is 0 Å². The number of nitrogens with one attached hydrogen (secondary N) is 1. The van der Waals surface area contributed by atoms with Gasteiger partial charge >= 0.3 is 0 Å². The normalized spacial score (nSPS) is 14.1. The molecule has 6 nitrogen and oxygen atoms in total. The Labute approximate surface area is 101 Å². The lowest BCUT2D eigenvalue weighted by atomic mass is 10.3. The predicted octanol–water partition coefficient (Wildman–Crippen LogP) is 1.23. The van der Waals surface area contributed by atoms with Gasteiger partial charge in [-0.3, -0.25) is 0 Å². The molecule has 0 bridgehead atoms. The molecule has 0 aliphatic carbocycles. The average Bonchev–Trinajstić information content (AvgIpc) is 2.64. The van der Waals surface area contributed by atoms with Crippen LogP contribution in [-0.4, -0.2) is 24.2 Å². The van der Waals surface area contributed by atoms with Crippen molar-refractivity contribution in [2.75, 3.05) is 0 Å². The van der Waals surface area contributed by atoms with Gasteiger partial charge < -0.3 is 0 Å². The number of alkyl halides is 1. The van der Waals surface area contributed by atoms with Crippen molar-refractivity contribution in [1.82, 2.24) is 15.0 Å². The van der Waals surface area contributed by atoms with Crippen molar-refractivity contribution >= 4 is 32.7 Å². The average molecular weight is 280 g/mol. The fraction of sp³-hybridized carbons (Fsp3) is 0.250. The van der Waals surface area contributed by atoms with Crippen molar-refractivity contribution in [2.24, 2.45) is 0 Å². The predicted molar refractivity (Wildman–Crippen MR) is 57.4 cm³/mol. The van der Waals surface area contributed by atoms with Gasteiger partial charge in [-0.1, -0.05) is 0 Å². The first-order valence-electron chi connectivity index (χ1n) is 4.49. The summed E-state index contributed by atoms with van der Waals surface area (Å²) in [6.07, 6.45) is 0. The van der Waals surface area contributed by atoms with Crippen LogP contribution in [0.3, 0.4) is 0 Å². The lowest BCUT2D eigenvalue weighted by Gasteiger charge is -2.07. The molecule has 0 spiro atoms. The molecule has 0 radical (unpaired) electrons. The Morgan fingerprint density at radius 2 is 2.06 bits per heavy atom. The zero-order chi connectivity index (χ0) is 12.6. The number of benzene rings is 1. The second-order valence-electron chi connectivity index (χ2n) is 3.24. The van der Waals surface area contributed by atoms with E-state index in [-0.39, 0.29) is 15.9 Å². The van der Waals surface area contributed by atoms with Crippen molar-refractivity contribution in [3.8, 4) is 0 Å². The second-order valence-corrected chi connectivity index (χ2v) is 5.58. The summed E-state index contributed by atoms with van der Waals surface area (Å²) >= 11 is 5.54. The SMILES string of the molecule is CC(Cl)NS(=O)(=O)c1ccc(F)c2nonc12. The minimum atomic E-state index is -3.88. The molecule has 92 valence electrons. The van der Waals surface area contributed by atoms with Crippen LogP contribution in [0.4, 0.5) is 4.39 Å². The van der Waals surface area contributed by atoms with Crippen molar-refractivity contribution in [1.29, 1.82) is 0 Å². The van der Waals surface area contributed by atoms with Crippen LogP contribution in [0.15, 0.2) is 21.7 Å². The van der Waals surface area contributed by atoms with E-state index in [1.165, 1.54) is 6.92 Å². The number of sulfonamides is 1. The fourth-order valence-electron chi connectivity index (χ4n) is 1.31. The van der Waals surface area contributed by atoms with Crippen LogP contribution in [0.25, 0.3) is 11.0 Å². The molecule has 0 saturated heterocycles. The molecule has 1 aromatic heterocycles. The molecule has 0 amide bonds. The lowest BCUT2D eigenvalue weighted by Crippen LogP contribution is -2.28. The highest BCUT2D eigenvalue weighted by Gasteiger charge is 2.23. The van der Waals surface area contributed by atoms with Gasteiger partial charge in [0.2, 0.25) is 10.0 Å². The molecular weight excluding hydrogens is 273 g/mol. The number of fused-ring (bicyclic) bond motifs is 1. The highest BCUT2D eigenvalue weighted by molar-refractivity contribution is 7.89. The van der Waals surface area contributed by atoms with E-state index in [0.29, 0.717) is 0 Å². The van der Waals surface area contributed by atoms with Gasteiger partial charge in [-0.15, -0.1) is 11.6 Å². The summed E-state index contributed by atoms with van der Waals surface area (Å²) in [5.41, 5.74) is -1.22. The second kappa shape index (κ2) is 4.21. The van der Waals surface area contributed by atoms with E-state index < -0.39 is 21.3 Å². The summed E-state index contributed by atoms with van der Waals surface area (Å²) in [6, 6.07) is 2.05. The van der Waals surface area contributed by atoms with Crippen LogP contribution in [0.5, 0.6) is 0 Å². The maximum Gasteiger partial charge on any atom is 0.244 e. The number of halogens is 2. The minimum absolute atomic E-state index is 0.171. The zero-order valence-corrected chi connectivity index (χ0v) is 10.1. The molecular formula is C8H7ClFN3O3S. The molecule has 1 unspecified atom stereocenters. The van der Waals surface area contributed by atoms with Crippen LogP contribution in [0, 0.1) is 5.82 Å². The first-order valence-corrected chi connectivity index (χ1v) is 6.41. The van der Waals surface area contributed by atoms with E-state index in [4.69, 9.17) is 11.6 Å². The van der Waals surface area contributed by atoms with Crippen LogP contribution in [0.2, 0.25) is 0 Å². The summed E-state index contributed by atoms with van der Waals surface area (Å²) < 4.78 is 43.4. The number of nitrogens with zero attached hydrogens (tertiary/aromatic N) is 2. The Hall–Kier alpha value is -1.25. The van der Waals surface area contributed by atoms with Crippen molar-refractivity contribution in [2.45, 2.75) is 17.3 Å². The van der Waals surface area contributed by atoms with Crippen LogP contribution < -0.4 is 4.72 Å². The molecule has 0 aliphatic heterocycles. The molecule has 1 N–H and O–H groups in total. The van der Waals surface area contributed by atoms with Gasteiger partial charge in [-0.2, -0.15) is 4.72 Å². The third-order valence-electron chi connectivity index (χ3n) is 1.94. The molecule has 1 aromatic carbocycles. The number of hydrogen-bond acceptors (Lipinski definition) is 5. The van der Waals surface area contributed by atoms with Gasteiger partial charge in [0.25, 0.3) is 0 Å². The number of rotatable bonds is 3. The smallest absolute Gasteiger partial charge is 0.243 e. The largest absolute Gasteiger partial charge is 0.244 e. The molecule has 0 fully saturated rings. The van der Waals surface area contributed by atoms with Gasteiger partial charge in [-0.25, -0.2) is 17.4 Å². The van der Waals surface area contributed by atoms with Crippen LogP contribution >= 0.6 is 11.6 Å². The molecule has 0 saturated carbocycles. The monoisotopic (exact) mass is 279 g/mol. The van der Waals surface area contributed by atoms with Gasteiger partial charge in [-0.05, 0) is 29.4 Å². The lowest BCUT2D eigenvalue weighted by molar-refractivity contribution is 0.314. The Bertz CT molecular complexity index is 655. The Kier molecular flexibility index (Phi) is 3.02. The zero-order valence-electron chi connectivity index (χ0n) is 8.52. The fourth-order valence-corrected chi connectivity index (χ4v) is 2.85. The number of hydrogen-bond donors (Lipinski definition) is 1. The standard InChI is InChI=1S/C8H7ClFN3O3S/c1-4(9)13-17(14,15)6-3-2-5(10)7-8(6)12-16-11-7/h2-4,13H,1H3. The van der Waals surface area contributed by atoms with Gasteiger partial charge in [0, 0.05) is 0 Å². The maximum absolute atomic E-state index is 13.2.